The molecule has 8 fully saturated rings. The number of epoxide rings is 1. The minimum absolute atomic E-state index is 0.0538. The number of hydrogen-bond donors (Lipinski definition) is 2. The summed E-state index contributed by atoms with van der Waals surface area (Å²) in [6, 6.07) is 15.8. The molecule has 4 saturated carbocycles. The van der Waals surface area contributed by atoms with E-state index >= 15 is 4.79 Å². The maximum atomic E-state index is 15.4. The van der Waals surface area contributed by atoms with E-state index in [4.69, 9.17) is 23.8 Å². The van der Waals surface area contributed by atoms with E-state index < -0.39 is 53.7 Å². The lowest BCUT2D eigenvalue weighted by Gasteiger charge is -2.50. The van der Waals surface area contributed by atoms with Gasteiger partial charge in [-0.3, -0.25) is 19.2 Å². The van der Waals surface area contributed by atoms with E-state index in [0.29, 0.717) is 18.1 Å². The zero-order valence-corrected chi connectivity index (χ0v) is 31.3. The monoisotopic (exact) mass is 753 g/mol. The number of aliphatic hydroxyl groups excluding tert-OH is 1. The topological polar surface area (TPSA) is 139 Å². The van der Waals surface area contributed by atoms with Crippen LogP contribution in [0.15, 0.2) is 60.7 Å². The van der Waals surface area contributed by atoms with Crippen LogP contribution in [0, 0.1) is 23.2 Å². The van der Waals surface area contributed by atoms with Crippen molar-refractivity contribution >= 4 is 23.9 Å². The van der Waals surface area contributed by atoms with Gasteiger partial charge < -0.3 is 34.3 Å². The highest BCUT2D eigenvalue weighted by molar-refractivity contribution is 5.96. The summed E-state index contributed by atoms with van der Waals surface area (Å²) in [5.74, 6) is -1.00. The van der Waals surface area contributed by atoms with Gasteiger partial charge in [0.15, 0.2) is 11.8 Å². The highest BCUT2D eigenvalue weighted by Gasteiger charge is 2.78. The number of esters is 1. The van der Waals surface area contributed by atoms with Crippen LogP contribution in [0.4, 0.5) is 0 Å². The molecule has 10 rings (SSSR count). The summed E-state index contributed by atoms with van der Waals surface area (Å²) in [6.45, 7) is 0.0635. The van der Waals surface area contributed by atoms with Crippen LogP contribution in [0.1, 0.15) is 68.1 Å². The van der Waals surface area contributed by atoms with Gasteiger partial charge in [0, 0.05) is 38.3 Å². The number of nitrogens with zero attached hydrogens (tertiary/aromatic N) is 2. The second kappa shape index (κ2) is 13.8. The van der Waals surface area contributed by atoms with Gasteiger partial charge in [-0.05, 0) is 67.6 Å². The molecule has 12 nitrogen and oxygen atoms in total. The van der Waals surface area contributed by atoms with Crippen molar-refractivity contribution in [2.75, 3.05) is 20.2 Å². The van der Waals surface area contributed by atoms with Gasteiger partial charge >= 0.3 is 5.97 Å². The van der Waals surface area contributed by atoms with E-state index in [0.717, 1.165) is 61.6 Å². The SMILES string of the molecule is CN(C(=O)[C@@]12C[C@H]3OC(=O)[C@@H]1N(Cc1ccc(C=CC4CCC5OC5C4)cc1)O[C@@H]2[C@H]1OC(C2CC2)(C2CC2)O[C@H]13)[C@H](Cc1ccccc1)C(=O)NCCO. The Morgan fingerprint density at radius 2 is 1.69 bits per heavy atom. The molecule has 0 aromatic heterocycles. The van der Waals surface area contributed by atoms with Gasteiger partial charge in [0.2, 0.25) is 11.8 Å². The third-order valence-corrected chi connectivity index (χ3v) is 13.6. The average Bonchev–Trinajstić information content (AvgIpc) is 4.10. The molecule has 4 aliphatic carbocycles. The molecule has 0 spiro atoms. The van der Waals surface area contributed by atoms with Crippen LogP contribution in [-0.2, 0) is 51.1 Å². The van der Waals surface area contributed by atoms with E-state index in [1.54, 1.807) is 12.1 Å². The zero-order valence-electron chi connectivity index (χ0n) is 31.3. The predicted octanol–water partition coefficient (Wildman–Crippen LogP) is 3.55. The van der Waals surface area contributed by atoms with Crippen molar-refractivity contribution in [1.29, 1.82) is 0 Å². The minimum atomic E-state index is -1.40. The molecule has 4 heterocycles. The van der Waals surface area contributed by atoms with Crippen molar-refractivity contribution in [2.24, 2.45) is 23.2 Å². The number of amides is 2. The first-order valence-electron chi connectivity index (χ1n) is 20.4. The molecule has 4 aliphatic heterocycles. The number of carbonyl (C=O) groups is 3. The van der Waals surface area contributed by atoms with Crippen molar-refractivity contribution in [1.82, 2.24) is 15.3 Å². The van der Waals surface area contributed by atoms with E-state index in [9.17, 15) is 14.7 Å². The van der Waals surface area contributed by atoms with Gasteiger partial charge in [0.1, 0.15) is 35.9 Å². The molecular formula is C43H51N3O9. The lowest BCUT2D eigenvalue weighted by Crippen LogP contribution is -2.70. The third kappa shape index (κ3) is 6.24. The van der Waals surface area contributed by atoms with Crippen molar-refractivity contribution in [2.45, 2.75) is 119 Å². The lowest BCUT2D eigenvalue weighted by atomic mass is 9.62. The first-order chi connectivity index (χ1) is 26.8. The molecule has 292 valence electrons. The first kappa shape index (κ1) is 35.7. The number of hydrogen-bond acceptors (Lipinski definition) is 10. The highest BCUT2D eigenvalue weighted by atomic mass is 16.8. The Morgan fingerprint density at radius 1 is 0.945 bits per heavy atom. The number of hydroxylamine groups is 2. The predicted molar refractivity (Wildman–Crippen MR) is 197 cm³/mol. The van der Waals surface area contributed by atoms with E-state index in [1.165, 1.54) is 4.90 Å². The number of allylic oxidation sites excluding steroid dienone is 1. The van der Waals surface area contributed by atoms with Gasteiger partial charge in [-0.2, -0.15) is 5.06 Å². The van der Waals surface area contributed by atoms with E-state index in [1.807, 2.05) is 42.5 Å². The van der Waals surface area contributed by atoms with Crippen molar-refractivity contribution in [3.63, 3.8) is 0 Å². The van der Waals surface area contributed by atoms with Crippen LogP contribution in [-0.4, -0.2) is 108 Å². The largest absolute Gasteiger partial charge is 0.458 e. The third-order valence-electron chi connectivity index (χ3n) is 13.6. The average molecular weight is 754 g/mol. The van der Waals surface area contributed by atoms with Gasteiger partial charge in [-0.25, -0.2) is 0 Å². The van der Waals surface area contributed by atoms with Gasteiger partial charge in [-0.1, -0.05) is 66.7 Å². The zero-order chi connectivity index (χ0) is 37.5. The van der Waals surface area contributed by atoms with Crippen LogP contribution in [0.5, 0.6) is 0 Å². The van der Waals surface area contributed by atoms with Crippen LogP contribution in [0.2, 0.25) is 0 Å². The Hall–Kier alpha value is -3.65. The Kier molecular flexibility index (Phi) is 8.95. The molecule has 4 saturated heterocycles. The van der Waals surface area contributed by atoms with Gasteiger partial charge in [0.25, 0.3) is 0 Å². The summed E-state index contributed by atoms with van der Waals surface area (Å²) >= 11 is 0. The van der Waals surface area contributed by atoms with Crippen LogP contribution < -0.4 is 5.32 Å². The quantitative estimate of drug-likeness (QED) is 0.231. The molecular weight excluding hydrogens is 702 g/mol. The summed E-state index contributed by atoms with van der Waals surface area (Å²) in [5.41, 5.74) is 1.49. The summed E-state index contributed by atoms with van der Waals surface area (Å²) in [7, 11) is 1.63. The number of rotatable bonds is 13. The number of nitrogens with one attached hydrogen (secondary N) is 1. The van der Waals surface area contributed by atoms with Crippen LogP contribution in [0.3, 0.4) is 0 Å². The highest BCUT2D eigenvalue weighted by Crippen LogP contribution is 2.64. The molecule has 0 radical (unpaired) electrons. The number of carbonyl (C=O) groups excluding carboxylic acids is 3. The molecule has 8 aliphatic rings. The summed E-state index contributed by atoms with van der Waals surface area (Å²) in [4.78, 5) is 51.9. The van der Waals surface area contributed by atoms with E-state index in [2.05, 4.69) is 29.6 Å². The number of ether oxygens (including phenoxy) is 4. The van der Waals surface area contributed by atoms with Gasteiger partial charge in [0.05, 0.1) is 25.4 Å². The fourth-order valence-corrected chi connectivity index (χ4v) is 10.4. The van der Waals surface area contributed by atoms with Crippen LogP contribution in [0.25, 0.3) is 6.08 Å². The second-order valence-corrected chi connectivity index (χ2v) is 17.2. The lowest BCUT2D eigenvalue weighted by molar-refractivity contribution is -0.235. The van der Waals surface area contributed by atoms with Crippen molar-refractivity contribution in [3.8, 4) is 0 Å². The smallest absolute Gasteiger partial charge is 0.327 e. The van der Waals surface area contributed by atoms with Crippen molar-refractivity contribution < 1.29 is 43.3 Å². The normalized spacial score (nSPS) is 36.1. The number of fused-ring (bicyclic) bond motifs is 5. The molecule has 10 atom stereocenters. The van der Waals surface area contributed by atoms with Crippen LogP contribution >= 0.6 is 0 Å². The summed E-state index contributed by atoms with van der Waals surface area (Å²) in [5, 5.41) is 13.9. The maximum absolute atomic E-state index is 15.4. The minimum Gasteiger partial charge on any atom is -0.458 e. The summed E-state index contributed by atoms with van der Waals surface area (Å²) in [6.07, 6.45) is 10.5. The molecule has 12 heteroatoms. The fourth-order valence-electron chi connectivity index (χ4n) is 10.4. The fraction of sp³-hybridized carbons (Fsp3) is 0.605. The number of likely N-dealkylation sites (N-methyl/N-ethyl adjacent to an activating group) is 1. The molecule has 55 heavy (non-hydrogen) atoms. The Bertz CT molecular complexity index is 1820. The Balaban J connectivity index is 0.966. The Labute approximate surface area is 321 Å². The Morgan fingerprint density at radius 3 is 2.40 bits per heavy atom. The molecule has 2 aromatic carbocycles. The first-order valence-corrected chi connectivity index (χ1v) is 20.4. The summed E-state index contributed by atoms with van der Waals surface area (Å²) < 4.78 is 25.9. The van der Waals surface area contributed by atoms with E-state index in [-0.39, 0.29) is 56.2 Å². The standard InChI is InChI=1S/C43H51N3O9/c1-45(31(39(48)44-19-20-47)21-26-5-3-2-4-6-26)41(50)42-23-34-35-36(54-43(53-35,29-14-15-29)30-16-17-30)38(42)55-46(37(42)40(49)52-34)24-28-11-8-25(9-12-28)7-10-27-13-18-32-33(22-27)51-32/h2-12,27,29-38,47H,13-24H2,1H3,(H,44,48)/t27?,31-,32?,33?,34-,35+,36+,37+,38-,42+/m1/s1. The van der Waals surface area contributed by atoms with Gasteiger partial charge in [-0.15, -0.1) is 0 Å². The molecule has 2 amide bonds. The second-order valence-electron chi connectivity index (χ2n) is 17.2. The number of benzene rings is 2. The molecule has 3 unspecified atom stereocenters. The molecule has 2 aromatic rings. The molecule has 2 N–H and O–H groups in total. The van der Waals surface area contributed by atoms with Crippen molar-refractivity contribution in [3.05, 3.63) is 77.4 Å². The number of aliphatic hydroxyl groups is 1. The molecule has 2 bridgehead atoms. The maximum Gasteiger partial charge on any atom is 0.327 e.